The average Bonchev–Trinajstić information content (AvgIpc) is 3.08. The summed E-state index contributed by atoms with van der Waals surface area (Å²) in [6, 6.07) is 13.7. The highest BCUT2D eigenvalue weighted by Crippen LogP contribution is 2.18. The third-order valence-corrected chi connectivity index (χ3v) is 4.05. The highest BCUT2D eigenvalue weighted by molar-refractivity contribution is 6.30. The maximum absolute atomic E-state index is 11.9. The summed E-state index contributed by atoms with van der Waals surface area (Å²) in [6.07, 6.45) is 1.77. The summed E-state index contributed by atoms with van der Waals surface area (Å²) in [5, 5.41) is 1.42. The van der Waals surface area contributed by atoms with Gasteiger partial charge in [0.15, 0.2) is 6.61 Å². The minimum atomic E-state index is -0.649. The molecule has 8 heteroatoms. The first-order chi connectivity index (χ1) is 13.0. The van der Waals surface area contributed by atoms with Crippen LogP contribution in [0.3, 0.4) is 0 Å². The minimum absolute atomic E-state index is 0.0361. The van der Waals surface area contributed by atoms with E-state index in [9.17, 15) is 14.4 Å². The molecule has 3 rings (SSSR count). The summed E-state index contributed by atoms with van der Waals surface area (Å²) < 4.78 is 4.95. The van der Waals surface area contributed by atoms with Gasteiger partial charge in [-0.3, -0.25) is 25.2 Å². The molecule has 0 aliphatic heterocycles. The Morgan fingerprint density at radius 3 is 2.52 bits per heavy atom. The Morgan fingerprint density at radius 1 is 1.00 bits per heavy atom. The zero-order valence-electron chi connectivity index (χ0n) is 14.1. The zero-order valence-corrected chi connectivity index (χ0v) is 14.9. The average molecular weight is 386 g/mol. The van der Waals surface area contributed by atoms with Gasteiger partial charge in [0.1, 0.15) is 0 Å². The lowest BCUT2D eigenvalue weighted by molar-refractivity contribution is -0.148. The van der Waals surface area contributed by atoms with E-state index in [0.717, 1.165) is 16.5 Å². The SMILES string of the molecule is O=C(COC(=O)Cc1c[nH]c2ccccc12)NNC(=O)c1ccc(Cl)cc1. The molecule has 3 aromatic rings. The van der Waals surface area contributed by atoms with Gasteiger partial charge >= 0.3 is 5.97 Å². The van der Waals surface area contributed by atoms with Crippen LogP contribution in [0.5, 0.6) is 0 Å². The van der Waals surface area contributed by atoms with Gasteiger partial charge in [-0.15, -0.1) is 0 Å². The number of aromatic amines is 1. The Labute approximate surface area is 159 Å². The van der Waals surface area contributed by atoms with Crippen molar-refractivity contribution in [1.29, 1.82) is 0 Å². The van der Waals surface area contributed by atoms with Crippen molar-refractivity contribution in [3.05, 3.63) is 70.9 Å². The molecule has 0 spiro atoms. The topological polar surface area (TPSA) is 100 Å². The number of nitrogens with one attached hydrogen (secondary N) is 3. The molecule has 27 heavy (non-hydrogen) atoms. The van der Waals surface area contributed by atoms with Gasteiger partial charge in [-0.25, -0.2) is 0 Å². The molecular weight excluding hydrogens is 370 g/mol. The number of amides is 2. The van der Waals surface area contributed by atoms with Crippen molar-refractivity contribution in [2.75, 3.05) is 6.61 Å². The molecule has 2 aromatic carbocycles. The van der Waals surface area contributed by atoms with Gasteiger partial charge in [0.05, 0.1) is 6.42 Å². The first-order valence-electron chi connectivity index (χ1n) is 8.08. The van der Waals surface area contributed by atoms with E-state index in [2.05, 4.69) is 15.8 Å². The lowest BCUT2D eigenvalue weighted by atomic mass is 10.1. The Hall–Kier alpha value is -3.32. The van der Waals surface area contributed by atoms with Gasteiger partial charge in [0.25, 0.3) is 11.8 Å². The summed E-state index contributed by atoms with van der Waals surface area (Å²) >= 11 is 5.75. The summed E-state index contributed by atoms with van der Waals surface area (Å²) in [7, 11) is 0. The van der Waals surface area contributed by atoms with E-state index in [0.29, 0.717) is 10.6 Å². The number of hydrogen-bond acceptors (Lipinski definition) is 4. The fraction of sp³-hybridized carbons (Fsp3) is 0.105. The third-order valence-electron chi connectivity index (χ3n) is 3.80. The van der Waals surface area contributed by atoms with Crippen molar-refractivity contribution in [2.24, 2.45) is 0 Å². The fourth-order valence-electron chi connectivity index (χ4n) is 2.47. The molecule has 0 bridgehead atoms. The second-order valence-electron chi connectivity index (χ2n) is 5.71. The molecule has 1 aromatic heterocycles. The lowest BCUT2D eigenvalue weighted by Gasteiger charge is -2.08. The number of halogens is 1. The predicted molar refractivity (Wildman–Crippen MR) is 100 cm³/mol. The van der Waals surface area contributed by atoms with E-state index in [4.69, 9.17) is 16.3 Å². The van der Waals surface area contributed by atoms with Gasteiger partial charge in [0.2, 0.25) is 0 Å². The molecule has 1 heterocycles. The number of esters is 1. The van der Waals surface area contributed by atoms with Crippen molar-refractivity contribution < 1.29 is 19.1 Å². The number of aromatic nitrogens is 1. The highest BCUT2D eigenvalue weighted by Gasteiger charge is 2.12. The van der Waals surface area contributed by atoms with Crippen LogP contribution in [-0.2, 0) is 20.7 Å². The predicted octanol–water partition coefficient (Wildman–Crippen LogP) is 2.37. The maximum atomic E-state index is 11.9. The summed E-state index contributed by atoms with van der Waals surface area (Å²) in [4.78, 5) is 38.6. The molecule has 0 aliphatic rings. The summed E-state index contributed by atoms with van der Waals surface area (Å²) in [5.74, 6) is -1.70. The van der Waals surface area contributed by atoms with E-state index in [1.54, 1.807) is 18.3 Å². The maximum Gasteiger partial charge on any atom is 0.310 e. The smallest absolute Gasteiger partial charge is 0.310 e. The van der Waals surface area contributed by atoms with Crippen LogP contribution in [0.4, 0.5) is 0 Å². The number of H-pyrrole nitrogens is 1. The molecule has 2 amide bonds. The van der Waals surface area contributed by atoms with Gasteiger partial charge in [0, 0.05) is 27.7 Å². The van der Waals surface area contributed by atoms with Crippen LogP contribution in [-0.4, -0.2) is 29.4 Å². The second-order valence-corrected chi connectivity index (χ2v) is 6.14. The number of carbonyl (C=O) groups is 3. The quantitative estimate of drug-likeness (QED) is 0.463. The summed E-state index contributed by atoms with van der Waals surface area (Å²) in [6.45, 7) is -0.498. The van der Waals surface area contributed by atoms with Crippen LogP contribution >= 0.6 is 11.6 Å². The number of rotatable bonds is 5. The molecule has 0 aliphatic carbocycles. The largest absolute Gasteiger partial charge is 0.455 e. The van der Waals surface area contributed by atoms with E-state index >= 15 is 0 Å². The number of hydrogen-bond donors (Lipinski definition) is 3. The lowest BCUT2D eigenvalue weighted by Crippen LogP contribution is -2.43. The Morgan fingerprint density at radius 2 is 1.74 bits per heavy atom. The molecule has 0 unspecified atom stereocenters. The van der Waals surface area contributed by atoms with Crippen molar-refractivity contribution in [3.8, 4) is 0 Å². The number of ether oxygens (including phenoxy) is 1. The van der Waals surface area contributed by atoms with Crippen LogP contribution in [0.1, 0.15) is 15.9 Å². The highest BCUT2D eigenvalue weighted by atomic mass is 35.5. The number of fused-ring (bicyclic) bond motifs is 1. The van der Waals surface area contributed by atoms with Gasteiger partial charge in [-0.2, -0.15) is 0 Å². The second kappa shape index (κ2) is 8.37. The molecular formula is C19H16ClN3O4. The van der Waals surface area contributed by atoms with E-state index < -0.39 is 24.4 Å². The fourth-order valence-corrected chi connectivity index (χ4v) is 2.59. The molecule has 0 saturated carbocycles. The van der Waals surface area contributed by atoms with E-state index in [1.807, 2.05) is 24.3 Å². The molecule has 0 atom stereocenters. The Bertz CT molecular complexity index is 982. The number of hydrazine groups is 1. The number of benzene rings is 2. The first-order valence-corrected chi connectivity index (χ1v) is 8.46. The van der Waals surface area contributed by atoms with Crippen molar-refractivity contribution in [1.82, 2.24) is 15.8 Å². The van der Waals surface area contributed by atoms with Gasteiger partial charge in [-0.1, -0.05) is 29.8 Å². The monoisotopic (exact) mass is 385 g/mol. The van der Waals surface area contributed by atoms with Crippen molar-refractivity contribution >= 4 is 40.3 Å². The Kier molecular flexibility index (Phi) is 5.73. The van der Waals surface area contributed by atoms with E-state index in [-0.39, 0.29) is 6.42 Å². The Balaban J connectivity index is 1.44. The van der Waals surface area contributed by atoms with Gasteiger partial charge in [-0.05, 0) is 35.9 Å². The molecule has 0 saturated heterocycles. The molecule has 138 valence electrons. The van der Waals surface area contributed by atoms with Crippen LogP contribution < -0.4 is 10.9 Å². The van der Waals surface area contributed by atoms with Crippen LogP contribution in [0.15, 0.2) is 54.7 Å². The van der Waals surface area contributed by atoms with Gasteiger partial charge < -0.3 is 9.72 Å². The third kappa shape index (κ3) is 4.86. The first kappa shape index (κ1) is 18.5. The van der Waals surface area contributed by atoms with Crippen molar-refractivity contribution in [3.63, 3.8) is 0 Å². The number of para-hydroxylation sites is 1. The number of carbonyl (C=O) groups excluding carboxylic acids is 3. The van der Waals surface area contributed by atoms with Crippen molar-refractivity contribution in [2.45, 2.75) is 6.42 Å². The minimum Gasteiger partial charge on any atom is -0.455 e. The van der Waals surface area contributed by atoms with Crippen LogP contribution in [0.2, 0.25) is 5.02 Å². The van der Waals surface area contributed by atoms with E-state index in [1.165, 1.54) is 12.1 Å². The molecule has 3 N–H and O–H groups in total. The van der Waals surface area contributed by atoms with Crippen LogP contribution in [0.25, 0.3) is 10.9 Å². The summed E-state index contributed by atoms with van der Waals surface area (Å²) in [5.41, 5.74) is 6.45. The normalized spacial score (nSPS) is 10.4. The van der Waals surface area contributed by atoms with Crippen LogP contribution in [0, 0.1) is 0 Å². The molecule has 7 nitrogen and oxygen atoms in total. The molecule has 0 radical (unpaired) electrons. The molecule has 0 fully saturated rings. The standard InChI is InChI=1S/C19H16ClN3O4/c20-14-7-5-12(6-8-14)19(26)23-22-17(24)11-27-18(25)9-13-10-21-16-4-2-1-3-15(13)16/h1-8,10,21H,9,11H2,(H,22,24)(H,23,26). The zero-order chi connectivity index (χ0) is 19.2.